The van der Waals surface area contributed by atoms with Crippen molar-refractivity contribution in [3.63, 3.8) is 0 Å². The van der Waals surface area contributed by atoms with Crippen molar-refractivity contribution in [2.75, 3.05) is 5.32 Å². The minimum Gasteiger partial charge on any atom is -0.322 e. The second-order valence-corrected chi connectivity index (χ2v) is 5.71. The molecule has 0 fully saturated rings. The fourth-order valence-electron chi connectivity index (χ4n) is 2.08. The molecule has 0 aliphatic heterocycles. The second kappa shape index (κ2) is 5.57. The molecule has 19 heavy (non-hydrogen) atoms. The number of benzene rings is 2. The summed E-state index contributed by atoms with van der Waals surface area (Å²) in [6.45, 7) is 5.98. The minimum absolute atomic E-state index is 0.0798. The first kappa shape index (κ1) is 13.8. The van der Waals surface area contributed by atoms with E-state index in [2.05, 4.69) is 27.3 Å². The number of nitrogens with one attached hydrogen (secondary N) is 1. The molecular formula is C16H16BrNO. The molecule has 0 radical (unpaired) electrons. The van der Waals surface area contributed by atoms with Crippen molar-refractivity contribution >= 4 is 27.5 Å². The van der Waals surface area contributed by atoms with Gasteiger partial charge in [0.05, 0.1) is 0 Å². The van der Waals surface area contributed by atoms with Crippen LogP contribution in [0.5, 0.6) is 0 Å². The van der Waals surface area contributed by atoms with Crippen molar-refractivity contribution in [2.24, 2.45) is 0 Å². The van der Waals surface area contributed by atoms with E-state index in [0.29, 0.717) is 5.56 Å². The molecule has 0 spiro atoms. The van der Waals surface area contributed by atoms with E-state index in [1.165, 1.54) is 0 Å². The molecule has 1 N–H and O–H groups in total. The van der Waals surface area contributed by atoms with Crippen molar-refractivity contribution in [1.82, 2.24) is 0 Å². The molecule has 98 valence electrons. The molecule has 0 atom stereocenters. The van der Waals surface area contributed by atoms with Gasteiger partial charge in [0.25, 0.3) is 5.91 Å². The van der Waals surface area contributed by atoms with E-state index in [0.717, 1.165) is 26.9 Å². The van der Waals surface area contributed by atoms with Crippen LogP contribution < -0.4 is 5.32 Å². The maximum absolute atomic E-state index is 12.3. The molecular weight excluding hydrogens is 302 g/mol. The third kappa shape index (κ3) is 3.44. The van der Waals surface area contributed by atoms with E-state index >= 15 is 0 Å². The molecule has 0 heterocycles. The van der Waals surface area contributed by atoms with E-state index in [-0.39, 0.29) is 5.91 Å². The van der Waals surface area contributed by atoms with Crippen LogP contribution in [0.2, 0.25) is 0 Å². The Morgan fingerprint density at radius 2 is 1.63 bits per heavy atom. The van der Waals surface area contributed by atoms with Crippen LogP contribution in [0.1, 0.15) is 27.0 Å². The van der Waals surface area contributed by atoms with Gasteiger partial charge in [-0.1, -0.05) is 28.1 Å². The molecule has 0 bridgehead atoms. The highest BCUT2D eigenvalue weighted by Crippen LogP contribution is 2.19. The average molecular weight is 318 g/mol. The minimum atomic E-state index is -0.0798. The average Bonchev–Trinajstić information content (AvgIpc) is 2.30. The molecule has 0 aliphatic carbocycles. The summed E-state index contributed by atoms with van der Waals surface area (Å²) in [7, 11) is 0. The van der Waals surface area contributed by atoms with E-state index in [1.54, 1.807) is 0 Å². The first-order chi connectivity index (χ1) is 8.95. The Morgan fingerprint density at radius 1 is 1.00 bits per heavy atom. The van der Waals surface area contributed by atoms with E-state index < -0.39 is 0 Å². The largest absolute Gasteiger partial charge is 0.322 e. The van der Waals surface area contributed by atoms with Crippen LogP contribution >= 0.6 is 15.9 Å². The Balaban J connectivity index is 2.28. The lowest BCUT2D eigenvalue weighted by Crippen LogP contribution is -2.13. The van der Waals surface area contributed by atoms with Gasteiger partial charge in [0.1, 0.15) is 0 Å². The van der Waals surface area contributed by atoms with Gasteiger partial charge in [-0.05, 0) is 61.7 Å². The SMILES string of the molecule is Cc1cc(C)cc(NC(=O)c2cc(Br)ccc2C)c1. The van der Waals surface area contributed by atoms with Gasteiger partial charge in [0, 0.05) is 15.7 Å². The van der Waals surface area contributed by atoms with Gasteiger partial charge in [0.2, 0.25) is 0 Å². The summed E-state index contributed by atoms with van der Waals surface area (Å²) in [4.78, 5) is 12.3. The number of aryl methyl sites for hydroxylation is 3. The molecule has 0 saturated carbocycles. The summed E-state index contributed by atoms with van der Waals surface area (Å²) in [5.41, 5.74) is 4.77. The van der Waals surface area contributed by atoms with Crippen LogP contribution in [0.4, 0.5) is 5.69 Å². The monoisotopic (exact) mass is 317 g/mol. The van der Waals surface area contributed by atoms with Gasteiger partial charge in [-0.3, -0.25) is 4.79 Å². The zero-order chi connectivity index (χ0) is 14.0. The topological polar surface area (TPSA) is 29.1 Å². The smallest absolute Gasteiger partial charge is 0.255 e. The third-order valence-corrected chi connectivity index (χ3v) is 3.42. The number of rotatable bonds is 2. The van der Waals surface area contributed by atoms with Crippen LogP contribution in [-0.4, -0.2) is 5.91 Å². The highest BCUT2D eigenvalue weighted by Gasteiger charge is 2.10. The lowest BCUT2D eigenvalue weighted by molar-refractivity contribution is 0.102. The number of anilines is 1. The van der Waals surface area contributed by atoms with Gasteiger partial charge in [-0.15, -0.1) is 0 Å². The zero-order valence-corrected chi connectivity index (χ0v) is 12.8. The summed E-state index contributed by atoms with van der Waals surface area (Å²) in [6, 6.07) is 11.7. The molecule has 2 aromatic carbocycles. The van der Waals surface area contributed by atoms with Crippen LogP contribution in [-0.2, 0) is 0 Å². The van der Waals surface area contributed by atoms with Gasteiger partial charge >= 0.3 is 0 Å². The summed E-state index contributed by atoms with van der Waals surface area (Å²) in [6.07, 6.45) is 0. The molecule has 1 amide bonds. The van der Waals surface area contributed by atoms with Crippen molar-refractivity contribution in [3.8, 4) is 0 Å². The summed E-state index contributed by atoms with van der Waals surface area (Å²) < 4.78 is 0.906. The number of hydrogen-bond acceptors (Lipinski definition) is 1. The highest BCUT2D eigenvalue weighted by molar-refractivity contribution is 9.10. The van der Waals surface area contributed by atoms with Crippen molar-refractivity contribution in [1.29, 1.82) is 0 Å². The standard InChI is InChI=1S/C16H16BrNO/c1-10-6-11(2)8-14(7-10)18-16(19)15-9-13(17)5-4-12(15)3/h4-9H,1-3H3,(H,18,19). The van der Waals surface area contributed by atoms with Gasteiger partial charge in [-0.2, -0.15) is 0 Å². The Hall–Kier alpha value is -1.61. The first-order valence-corrected chi connectivity index (χ1v) is 6.91. The highest BCUT2D eigenvalue weighted by atomic mass is 79.9. The van der Waals surface area contributed by atoms with Gasteiger partial charge in [-0.25, -0.2) is 0 Å². The lowest BCUT2D eigenvalue weighted by Gasteiger charge is -2.09. The molecule has 0 aromatic heterocycles. The Bertz CT molecular complexity index is 614. The number of carbonyl (C=O) groups excluding carboxylic acids is 1. The van der Waals surface area contributed by atoms with E-state index in [4.69, 9.17) is 0 Å². The first-order valence-electron chi connectivity index (χ1n) is 6.11. The molecule has 0 saturated heterocycles. The molecule has 0 unspecified atom stereocenters. The Labute approximate surface area is 122 Å². The molecule has 2 rings (SSSR count). The van der Waals surface area contributed by atoms with Crippen molar-refractivity contribution < 1.29 is 4.79 Å². The maximum atomic E-state index is 12.3. The van der Waals surface area contributed by atoms with Gasteiger partial charge in [0.15, 0.2) is 0 Å². The molecule has 3 heteroatoms. The third-order valence-electron chi connectivity index (χ3n) is 2.92. The number of hydrogen-bond donors (Lipinski definition) is 1. The fraction of sp³-hybridized carbons (Fsp3) is 0.188. The summed E-state index contributed by atoms with van der Waals surface area (Å²) >= 11 is 3.39. The summed E-state index contributed by atoms with van der Waals surface area (Å²) in [5.74, 6) is -0.0798. The Kier molecular flexibility index (Phi) is 4.05. The van der Waals surface area contributed by atoms with Crippen molar-refractivity contribution in [3.05, 3.63) is 63.1 Å². The summed E-state index contributed by atoms with van der Waals surface area (Å²) in [5, 5.41) is 2.95. The van der Waals surface area contributed by atoms with Crippen LogP contribution in [0.15, 0.2) is 40.9 Å². The number of halogens is 1. The molecule has 2 aromatic rings. The van der Waals surface area contributed by atoms with Gasteiger partial charge < -0.3 is 5.32 Å². The van der Waals surface area contributed by atoms with Crippen LogP contribution in [0.25, 0.3) is 0 Å². The van der Waals surface area contributed by atoms with Crippen molar-refractivity contribution in [2.45, 2.75) is 20.8 Å². The number of amides is 1. The predicted molar refractivity (Wildman–Crippen MR) is 82.7 cm³/mol. The molecule has 2 nitrogen and oxygen atoms in total. The quantitative estimate of drug-likeness (QED) is 0.859. The number of carbonyl (C=O) groups is 1. The van der Waals surface area contributed by atoms with Crippen LogP contribution in [0, 0.1) is 20.8 Å². The Morgan fingerprint density at radius 3 is 2.26 bits per heavy atom. The van der Waals surface area contributed by atoms with E-state index in [9.17, 15) is 4.79 Å². The fourth-order valence-corrected chi connectivity index (χ4v) is 2.45. The zero-order valence-electron chi connectivity index (χ0n) is 11.3. The molecule has 0 aliphatic rings. The normalized spacial score (nSPS) is 10.3. The lowest BCUT2D eigenvalue weighted by atomic mass is 10.1. The van der Waals surface area contributed by atoms with Crippen LogP contribution in [0.3, 0.4) is 0 Å². The maximum Gasteiger partial charge on any atom is 0.255 e. The second-order valence-electron chi connectivity index (χ2n) is 4.79. The van der Waals surface area contributed by atoms with E-state index in [1.807, 2.05) is 51.1 Å². The predicted octanol–water partition coefficient (Wildman–Crippen LogP) is 4.63.